The quantitative estimate of drug-likeness (QED) is 0.899. The van der Waals surface area contributed by atoms with Crippen LogP contribution in [0.5, 0.6) is 0 Å². The fourth-order valence-corrected chi connectivity index (χ4v) is 2.67. The van der Waals surface area contributed by atoms with E-state index in [1.165, 1.54) is 12.1 Å². The minimum Gasteiger partial charge on any atom is -0.384 e. The molecule has 0 fully saturated rings. The maximum absolute atomic E-state index is 13.3. The number of carbonyl (C=O) groups is 1. The second kappa shape index (κ2) is 5.74. The van der Waals surface area contributed by atoms with Gasteiger partial charge in [0.15, 0.2) is 0 Å². The van der Waals surface area contributed by atoms with Gasteiger partial charge < -0.3 is 10.6 Å². The molecule has 0 aromatic heterocycles. The monoisotopic (exact) mass is 304 g/mol. The number of benzene rings is 2. The minimum atomic E-state index is -0.539. The highest BCUT2D eigenvalue weighted by Crippen LogP contribution is 2.33. The molecule has 108 valence electrons. The van der Waals surface area contributed by atoms with Crippen molar-refractivity contribution in [1.82, 2.24) is 0 Å². The van der Waals surface area contributed by atoms with Gasteiger partial charge in [-0.1, -0.05) is 29.8 Å². The average Bonchev–Trinajstić information content (AvgIpc) is 2.86. The zero-order valence-corrected chi connectivity index (χ0v) is 12.0. The van der Waals surface area contributed by atoms with Crippen LogP contribution in [0.25, 0.3) is 0 Å². The Labute approximate surface area is 127 Å². The summed E-state index contributed by atoms with van der Waals surface area (Å²) in [5, 5.41) is 6.02. The second-order valence-corrected chi connectivity index (χ2v) is 5.45. The molecule has 3 nitrogen and oxygen atoms in total. The molecule has 2 aromatic rings. The Kier molecular flexibility index (Phi) is 3.80. The molecule has 21 heavy (non-hydrogen) atoms. The number of hydrogen-bond acceptors (Lipinski definition) is 2. The van der Waals surface area contributed by atoms with E-state index in [-0.39, 0.29) is 16.8 Å². The van der Waals surface area contributed by atoms with E-state index in [1.54, 1.807) is 6.07 Å². The lowest BCUT2D eigenvalue weighted by Gasteiger charge is -2.11. The smallest absolute Gasteiger partial charge is 0.225 e. The van der Waals surface area contributed by atoms with E-state index in [1.807, 2.05) is 24.3 Å². The number of para-hydroxylation sites is 1. The molecule has 0 bridgehead atoms. The zero-order valence-electron chi connectivity index (χ0n) is 11.2. The van der Waals surface area contributed by atoms with Gasteiger partial charge in [-0.2, -0.15) is 0 Å². The molecule has 1 unspecified atom stereocenters. The summed E-state index contributed by atoms with van der Waals surface area (Å²) in [5.41, 5.74) is 2.64. The van der Waals surface area contributed by atoms with E-state index in [0.29, 0.717) is 12.1 Å². The predicted octanol–water partition coefficient (Wildman–Crippen LogP) is 4.02. The molecule has 2 aromatic carbocycles. The van der Waals surface area contributed by atoms with Gasteiger partial charge in [0.2, 0.25) is 5.91 Å². The number of halogens is 2. The molecular formula is C16H14ClFN2O. The van der Waals surface area contributed by atoms with E-state index >= 15 is 0 Å². The molecule has 1 aliphatic heterocycles. The molecule has 0 saturated carbocycles. The van der Waals surface area contributed by atoms with Crippen molar-refractivity contribution in [3.05, 3.63) is 58.9 Å². The third kappa shape index (κ3) is 3.00. The molecule has 1 atom stereocenters. The number of hydrogen-bond donors (Lipinski definition) is 2. The highest BCUT2D eigenvalue weighted by Gasteiger charge is 2.24. The van der Waals surface area contributed by atoms with Crippen LogP contribution in [0.4, 0.5) is 15.8 Å². The van der Waals surface area contributed by atoms with Gasteiger partial charge in [0.1, 0.15) is 5.82 Å². The van der Waals surface area contributed by atoms with Gasteiger partial charge in [0.25, 0.3) is 0 Å². The van der Waals surface area contributed by atoms with Gasteiger partial charge in [-0.15, -0.1) is 0 Å². The molecule has 0 aliphatic carbocycles. The summed E-state index contributed by atoms with van der Waals surface area (Å²) in [6.07, 6.45) is 0.355. The van der Waals surface area contributed by atoms with Gasteiger partial charge in [-0.25, -0.2) is 4.39 Å². The molecule has 0 spiro atoms. The lowest BCUT2D eigenvalue weighted by molar-refractivity contribution is -0.116. The van der Waals surface area contributed by atoms with Crippen LogP contribution in [0.15, 0.2) is 42.5 Å². The van der Waals surface area contributed by atoms with Gasteiger partial charge in [0, 0.05) is 30.3 Å². The largest absolute Gasteiger partial charge is 0.384 e. The van der Waals surface area contributed by atoms with E-state index in [4.69, 9.17) is 11.6 Å². The molecular weight excluding hydrogens is 291 g/mol. The van der Waals surface area contributed by atoms with Crippen LogP contribution in [0, 0.1) is 5.82 Å². The Hall–Kier alpha value is -2.07. The Balaban J connectivity index is 1.66. The fraction of sp³-hybridized carbons (Fsp3) is 0.188. The molecule has 3 rings (SSSR count). The van der Waals surface area contributed by atoms with Crippen LogP contribution in [0.3, 0.4) is 0 Å². The van der Waals surface area contributed by atoms with Crippen molar-refractivity contribution in [2.24, 2.45) is 0 Å². The summed E-state index contributed by atoms with van der Waals surface area (Å²) in [5.74, 6) is -0.541. The number of carbonyl (C=O) groups excluding carboxylic acids is 1. The highest BCUT2D eigenvalue weighted by atomic mass is 35.5. The van der Waals surface area contributed by atoms with Gasteiger partial charge >= 0.3 is 0 Å². The summed E-state index contributed by atoms with van der Waals surface area (Å²) < 4.78 is 13.3. The van der Waals surface area contributed by atoms with Crippen LogP contribution in [0.2, 0.25) is 5.02 Å². The van der Waals surface area contributed by atoms with Crippen molar-refractivity contribution >= 4 is 28.9 Å². The van der Waals surface area contributed by atoms with Crippen LogP contribution < -0.4 is 10.6 Å². The molecule has 0 radical (unpaired) electrons. The number of fused-ring (bicyclic) bond motifs is 1. The summed E-state index contributed by atoms with van der Waals surface area (Å²) in [6, 6.07) is 12.2. The van der Waals surface area contributed by atoms with Crippen LogP contribution >= 0.6 is 11.6 Å². The van der Waals surface area contributed by atoms with Gasteiger partial charge in [0.05, 0.1) is 5.02 Å². The molecule has 1 amide bonds. The number of amides is 1. The van der Waals surface area contributed by atoms with Crippen molar-refractivity contribution in [3.8, 4) is 0 Å². The highest BCUT2D eigenvalue weighted by molar-refractivity contribution is 6.30. The first-order valence-corrected chi connectivity index (χ1v) is 7.09. The number of anilines is 2. The number of rotatable bonds is 3. The van der Waals surface area contributed by atoms with E-state index < -0.39 is 5.82 Å². The molecule has 1 heterocycles. The van der Waals surface area contributed by atoms with E-state index in [9.17, 15) is 9.18 Å². The SMILES string of the molecule is O=C(CC1CNc2ccccc21)Nc1ccc(Cl)c(F)c1. The Bertz CT molecular complexity index is 690. The topological polar surface area (TPSA) is 41.1 Å². The number of nitrogens with one attached hydrogen (secondary N) is 2. The lowest BCUT2D eigenvalue weighted by atomic mass is 9.97. The Morgan fingerprint density at radius 2 is 2.14 bits per heavy atom. The zero-order chi connectivity index (χ0) is 14.8. The van der Waals surface area contributed by atoms with Crippen molar-refractivity contribution in [2.45, 2.75) is 12.3 Å². The van der Waals surface area contributed by atoms with Crippen LogP contribution in [-0.2, 0) is 4.79 Å². The predicted molar refractivity (Wildman–Crippen MR) is 82.3 cm³/mol. The normalized spacial score (nSPS) is 16.2. The van der Waals surface area contributed by atoms with Crippen LogP contribution in [-0.4, -0.2) is 12.5 Å². The average molecular weight is 305 g/mol. The first-order chi connectivity index (χ1) is 10.1. The second-order valence-electron chi connectivity index (χ2n) is 5.05. The molecule has 2 N–H and O–H groups in total. The standard InChI is InChI=1S/C16H14ClFN2O/c17-13-6-5-11(8-14(13)18)20-16(21)7-10-9-19-15-4-2-1-3-12(10)15/h1-6,8,10,19H,7,9H2,(H,20,21). The summed E-state index contributed by atoms with van der Waals surface area (Å²) in [7, 11) is 0. The fourth-order valence-electron chi connectivity index (χ4n) is 2.55. The third-order valence-electron chi connectivity index (χ3n) is 3.57. The van der Waals surface area contributed by atoms with Crippen molar-refractivity contribution in [1.29, 1.82) is 0 Å². The van der Waals surface area contributed by atoms with Gasteiger partial charge in [-0.3, -0.25) is 4.79 Å². The first-order valence-electron chi connectivity index (χ1n) is 6.71. The molecule has 5 heteroatoms. The summed E-state index contributed by atoms with van der Waals surface area (Å²) >= 11 is 5.61. The van der Waals surface area contributed by atoms with Crippen molar-refractivity contribution < 1.29 is 9.18 Å². The van der Waals surface area contributed by atoms with Gasteiger partial charge in [-0.05, 0) is 29.8 Å². The van der Waals surface area contributed by atoms with E-state index in [0.717, 1.165) is 17.8 Å². The molecule has 1 aliphatic rings. The van der Waals surface area contributed by atoms with Crippen molar-refractivity contribution in [2.75, 3.05) is 17.2 Å². The van der Waals surface area contributed by atoms with E-state index in [2.05, 4.69) is 10.6 Å². The first kappa shape index (κ1) is 13.9. The lowest BCUT2D eigenvalue weighted by Crippen LogP contribution is -2.16. The minimum absolute atomic E-state index is 0.0434. The van der Waals surface area contributed by atoms with Crippen molar-refractivity contribution in [3.63, 3.8) is 0 Å². The third-order valence-corrected chi connectivity index (χ3v) is 3.88. The maximum atomic E-state index is 13.3. The Morgan fingerprint density at radius 3 is 2.95 bits per heavy atom. The molecule has 0 saturated heterocycles. The Morgan fingerprint density at radius 1 is 1.33 bits per heavy atom. The maximum Gasteiger partial charge on any atom is 0.225 e. The van der Waals surface area contributed by atoms with Crippen LogP contribution in [0.1, 0.15) is 17.9 Å². The summed E-state index contributed by atoms with van der Waals surface area (Å²) in [6.45, 7) is 0.738. The summed E-state index contributed by atoms with van der Waals surface area (Å²) in [4.78, 5) is 12.1.